The molecule has 2 aromatic heterocycles. The quantitative estimate of drug-likeness (QED) is 0.255. The number of benzene rings is 2. The van der Waals surface area contributed by atoms with Crippen LogP contribution in [0.1, 0.15) is 61.0 Å². The number of rotatable bonds is 8. The van der Waals surface area contributed by atoms with Gasteiger partial charge in [0.1, 0.15) is 18.1 Å². The number of imidazole rings is 1. The third-order valence-electron chi connectivity index (χ3n) is 7.01. The molecular formula is C30H30N4O5. The van der Waals surface area contributed by atoms with Gasteiger partial charge < -0.3 is 24.7 Å². The van der Waals surface area contributed by atoms with Crippen molar-refractivity contribution < 1.29 is 23.9 Å². The number of amides is 2. The lowest BCUT2D eigenvalue weighted by Gasteiger charge is -2.25. The molecule has 0 radical (unpaired) electrons. The molecule has 1 atom stereocenters. The van der Waals surface area contributed by atoms with E-state index in [1.54, 1.807) is 55.8 Å². The summed E-state index contributed by atoms with van der Waals surface area (Å²) in [5, 5.41) is 14.3. The zero-order valence-electron chi connectivity index (χ0n) is 21.6. The molecule has 1 saturated carbocycles. The van der Waals surface area contributed by atoms with Crippen LogP contribution in [0.3, 0.4) is 0 Å². The van der Waals surface area contributed by atoms with Gasteiger partial charge in [-0.05, 0) is 67.8 Å². The molecule has 1 aliphatic rings. The van der Waals surface area contributed by atoms with E-state index in [9.17, 15) is 14.4 Å². The highest BCUT2D eigenvalue weighted by molar-refractivity contribution is 6.02. The second-order valence-electron chi connectivity index (χ2n) is 9.79. The van der Waals surface area contributed by atoms with Crippen molar-refractivity contribution in [2.45, 2.75) is 51.1 Å². The smallest absolute Gasteiger partial charge is 0.328 e. The van der Waals surface area contributed by atoms with E-state index in [0.717, 1.165) is 41.3 Å². The van der Waals surface area contributed by atoms with Crippen molar-refractivity contribution in [2.75, 3.05) is 5.32 Å². The van der Waals surface area contributed by atoms with Gasteiger partial charge in [0.05, 0.1) is 22.9 Å². The molecule has 0 bridgehead atoms. The molecule has 200 valence electrons. The Balaban J connectivity index is 1.30. The number of hydrogen-bond acceptors (Lipinski definition) is 5. The fraction of sp³-hybridized carbons (Fsp3) is 0.267. The third-order valence-corrected chi connectivity index (χ3v) is 7.01. The van der Waals surface area contributed by atoms with Crippen LogP contribution in [0.4, 0.5) is 5.69 Å². The number of carboxylic acids is 1. The Labute approximate surface area is 225 Å². The van der Waals surface area contributed by atoms with Gasteiger partial charge in [0.15, 0.2) is 0 Å². The zero-order valence-corrected chi connectivity index (χ0v) is 21.6. The Bertz CT molecular complexity index is 1510. The van der Waals surface area contributed by atoms with Gasteiger partial charge in [0.25, 0.3) is 5.91 Å². The van der Waals surface area contributed by atoms with Crippen LogP contribution in [0.25, 0.3) is 28.5 Å². The highest BCUT2D eigenvalue weighted by Crippen LogP contribution is 2.36. The first-order valence-corrected chi connectivity index (χ1v) is 13.1. The first kappa shape index (κ1) is 26.0. The third kappa shape index (κ3) is 5.93. The minimum atomic E-state index is -1.04. The Kier molecular flexibility index (Phi) is 7.58. The predicted molar refractivity (Wildman–Crippen MR) is 148 cm³/mol. The maximum atomic E-state index is 13.1. The fourth-order valence-corrected chi connectivity index (χ4v) is 4.99. The molecule has 1 unspecified atom stereocenters. The number of nitrogens with one attached hydrogen (secondary N) is 2. The number of carboxylic acid groups (broad SMARTS) is 1. The number of aliphatic carboxylic acids is 1. The summed E-state index contributed by atoms with van der Waals surface area (Å²) in [6.45, 7) is 1.62. The van der Waals surface area contributed by atoms with Gasteiger partial charge in [-0.15, -0.1) is 0 Å². The topological polar surface area (TPSA) is 126 Å². The summed E-state index contributed by atoms with van der Waals surface area (Å²) in [6, 6.07) is 13.6. The summed E-state index contributed by atoms with van der Waals surface area (Å²) in [7, 11) is 0. The Hall–Kier alpha value is -4.66. The summed E-state index contributed by atoms with van der Waals surface area (Å²) in [5.74, 6) is -0.944. The Morgan fingerprint density at radius 1 is 1.08 bits per heavy atom. The molecule has 2 amide bonds. The molecule has 2 heterocycles. The number of nitrogens with zero attached hydrogens (tertiary/aromatic N) is 2. The van der Waals surface area contributed by atoms with E-state index in [4.69, 9.17) is 14.5 Å². The van der Waals surface area contributed by atoms with Gasteiger partial charge in [-0.2, -0.15) is 0 Å². The van der Waals surface area contributed by atoms with Crippen LogP contribution >= 0.6 is 0 Å². The zero-order chi connectivity index (χ0) is 27.4. The van der Waals surface area contributed by atoms with E-state index in [2.05, 4.69) is 15.2 Å². The number of carbonyl (C=O) groups excluding carboxylic acids is 2. The SMILES string of the molecule is CC(NC(=O)c1ccc2c(c1)nc(-c1ccoc1)n2C1CCCCC1)C(=O)Nc1ccc(/C=C/C(=O)O)cc1. The lowest BCUT2D eigenvalue weighted by atomic mass is 9.95. The lowest BCUT2D eigenvalue weighted by molar-refractivity contribution is -0.131. The molecule has 0 aliphatic heterocycles. The van der Waals surface area contributed by atoms with Crippen molar-refractivity contribution in [3.63, 3.8) is 0 Å². The van der Waals surface area contributed by atoms with Gasteiger partial charge in [-0.1, -0.05) is 31.4 Å². The highest BCUT2D eigenvalue weighted by Gasteiger charge is 2.24. The minimum absolute atomic E-state index is 0.347. The maximum Gasteiger partial charge on any atom is 0.328 e. The van der Waals surface area contributed by atoms with Gasteiger partial charge in [0.2, 0.25) is 5.91 Å². The van der Waals surface area contributed by atoms with Crippen LogP contribution in [0.15, 0.2) is 71.6 Å². The van der Waals surface area contributed by atoms with Crippen molar-refractivity contribution in [1.82, 2.24) is 14.9 Å². The second kappa shape index (κ2) is 11.4. The van der Waals surface area contributed by atoms with Crippen LogP contribution < -0.4 is 10.6 Å². The first-order chi connectivity index (χ1) is 18.9. The molecule has 9 nitrogen and oxygen atoms in total. The van der Waals surface area contributed by atoms with Crippen LogP contribution in [-0.4, -0.2) is 38.5 Å². The molecule has 1 fully saturated rings. The fourth-order valence-electron chi connectivity index (χ4n) is 4.99. The largest absolute Gasteiger partial charge is 0.478 e. The van der Waals surface area contributed by atoms with Crippen LogP contribution in [0, 0.1) is 0 Å². The van der Waals surface area contributed by atoms with Gasteiger partial charge in [0, 0.05) is 23.4 Å². The van der Waals surface area contributed by atoms with E-state index in [-0.39, 0.29) is 11.8 Å². The number of aromatic nitrogens is 2. The summed E-state index contributed by atoms with van der Waals surface area (Å²) in [6.07, 6.45) is 11.6. The molecule has 5 rings (SSSR count). The second-order valence-corrected chi connectivity index (χ2v) is 9.79. The van der Waals surface area contributed by atoms with Crippen molar-refractivity contribution in [3.8, 4) is 11.4 Å². The van der Waals surface area contributed by atoms with Crippen LogP contribution in [-0.2, 0) is 9.59 Å². The number of hydrogen-bond donors (Lipinski definition) is 3. The average Bonchev–Trinajstić information content (AvgIpc) is 3.61. The number of fused-ring (bicyclic) bond motifs is 1. The number of carbonyl (C=O) groups is 3. The van der Waals surface area contributed by atoms with Gasteiger partial charge >= 0.3 is 5.97 Å². The average molecular weight is 527 g/mol. The van der Waals surface area contributed by atoms with Gasteiger partial charge in [-0.25, -0.2) is 9.78 Å². The van der Waals surface area contributed by atoms with Crippen molar-refractivity contribution >= 4 is 40.6 Å². The monoisotopic (exact) mass is 526 g/mol. The Morgan fingerprint density at radius 2 is 1.85 bits per heavy atom. The number of furan rings is 1. The van der Waals surface area contributed by atoms with Crippen molar-refractivity contribution in [2.24, 2.45) is 0 Å². The van der Waals surface area contributed by atoms with E-state index in [0.29, 0.717) is 22.9 Å². The molecule has 4 aromatic rings. The Morgan fingerprint density at radius 3 is 2.54 bits per heavy atom. The van der Waals surface area contributed by atoms with Crippen molar-refractivity contribution in [3.05, 3.63) is 78.3 Å². The molecular weight excluding hydrogens is 496 g/mol. The molecule has 0 spiro atoms. The summed E-state index contributed by atoms with van der Waals surface area (Å²) in [5.41, 5.74) is 4.24. The summed E-state index contributed by atoms with van der Waals surface area (Å²) in [4.78, 5) is 41.3. The molecule has 39 heavy (non-hydrogen) atoms. The van der Waals surface area contributed by atoms with Crippen LogP contribution in [0.2, 0.25) is 0 Å². The molecule has 2 aromatic carbocycles. The summed E-state index contributed by atoms with van der Waals surface area (Å²) >= 11 is 0. The van der Waals surface area contributed by atoms with E-state index < -0.39 is 12.0 Å². The summed E-state index contributed by atoms with van der Waals surface area (Å²) < 4.78 is 7.60. The van der Waals surface area contributed by atoms with Crippen molar-refractivity contribution in [1.29, 1.82) is 0 Å². The first-order valence-electron chi connectivity index (χ1n) is 13.1. The minimum Gasteiger partial charge on any atom is -0.478 e. The predicted octanol–water partition coefficient (Wildman–Crippen LogP) is 5.66. The van der Waals surface area contributed by atoms with E-state index in [1.807, 2.05) is 12.1 Å². The maximum absolute atomic E-state index is 13.1. The molecule has 1 aliphatic carbocycles. The van der Waals surface area contributed by atoms with Crippen LogP contribution in [0.5, 0.6) is 0 Å². The van der Waals surface area contributed by atoms with E-state index in [1.165, 1.54) is 25.3 Å². The number of anilines is 1. The normalized spacial score (nSPS) is 14.9. The molecule has 0 saturated heterocycles. The van der Waals surface area contributed by atoms with E-state index >= 15 is 0 Å². The standard InChI is InChI=1S/C30H30N4O5/c1-19(29(37)32-23-11-7-20(8-12-23)9-14-27(35)36)31-30(38)21-10-13-26-25(17-21)33-28(22-15-16-39-18-22)34(26)24-5-3-2-4-6-24/h7-19,24H,2-6H2,1H3,(H,31,38)(H,32,37)(H,35,36)/b14-9+. The lowest BCUT2D eigenvalue weighted by Crippen LogP contribution is -2.41. The van der Waals surface area contributed by atoms with Gasteiger partial charge in [-0.3, -0.25) is 9.59 Å². The molecule has 9 heteroatoms. The molecule has 3 N–H and O–H groups in total. The highest BCUT2D eigenvalue weighted by atomic mass is 16.4.